The van der Waals surface area contributed by atoms with Crippen molar-refractivity contribution in [2.45, 2.75) is 6.04 Å². The molecule has 0 spiro atoms. The van der Waals surface area contributed by atoms with Gasteiger partial charge in [-0.05, 0) is 17.2 Å². The average molecular weight is 377 g/mol. The van der Waals surface area contributed by atoms with Crippen LogP contribution in [0.15, 0.2) is 78.9 Å². The van der Waals surface area contributed by atoms with Gasteiger partial charge in [-0.1, -0.05) is 60.7 Å². The van der Waals surface area contributed by atoms with Crippen LogP contribution < -0.4 is 15.4 Å². The van der Waals surface area contributed by atoms with Gasteiger partial charge < -0.3 is 15.4 Å². The van der Waals surface area contributed by atoms with Crippen molar-refractivity contribution in [3.63, 3.8) is 0 Å². The molecule has 3 aromatic rings. The molecule has 28 heavy (non-hydrogen) atoms. The number of ether oxygens (including phenoxy) is 1. The van der Waals surface area contributed by atoms with Crippen molar-refractivity contribution in [2.24, 2.45) is 0 Å². The molecular formula is C21H19N3O4. The lowest BCUT2D eigenvalue weighted by atomic mass is 9.99. The van der Waals surface area contributed by atoms with Crippen molar-refractivity contribution in [3.8, 4) is 5.75 Å². The Morgan fingerprint density at radius 1 is 0.964 bits per heavy atom. The van der Waals surface area contributed by atoms with E-state index in [-0.39, 0.29) is 17.5 Å². The van der Waals surface area contributed by atoms with E-state index in [2.05, 4.69) is 10.6 Å². The van der Waals surface area contributed by atoms with Gasteiger partial charge in [0.2, 0.25) is 0 Å². The van der Waals surface area contributed by atoms with E-state index in [1.807, 2.05) is 60.7 Å². The number of urea groups is 1. The molecule has 0 saturated heterocycles. The number of nitro groups is 1. The van der Waals surface area contributed by atoms with E-state index in [9.17, 15) is 14.9 Å². The third-order valence-corrected chi connectivity index (χ3v) is 4.19. The fourth-order valence-electron chi connectivity index (χ4n) is 2.84. The Labute approximate surface area is 162 Å². The molecule has 0 atom stereocenters. The van der Waals surface area contributed by atoms with E-state index >= 15 is 0 Å². The minimum Gasteiger partial charge on any atom is -0.494 e. The highest BCUT2D eigenvalue weighted by Gasteiger charge is 2.18. The Hall–Kier alpha value is -3.87. The second-order valence-electron chi connectivity index (χ2n) is 5.99. The largest absolute Gasteiger partial charge is 0.494 e. The van der Waals surface area contributed by atoms with Gasteiger partial charge in [0, 0.05) is 6.07 Å². The molecule has 0 fully saturated rings. The van der Waals surface area contributed by atoms with Crippen molar-refractivity contribution < 1.29 is 14.5 Å². The van der Waals surface area contributed by atoms with Crippen molar-refractivity contribution >= 4 is 17.4 Å². The maximum atomic E-state index is 12.6. The number of hydrogen-bond donors (Lipinski definition) is 2. The number of carbonyl (C=O) groups excluding carboxylic acids is 1. The van der Waals surface area contributed by atoms with Gasteiger partial charge in [-0.25, -0.2) is 4.79 Å². The van der Waals surface area contributed by atoms with E-state index < -0.39 is 11.0 Å². The molecule has 2 N–H and O–H groups in total. The summed E-state index contributed by atoms with van der Waals surface area (Å²) in [6.45, 7) is 0. The monoisotopic (exact) mass is 377 g/mol. The summed E-state index contributed by atoms with van der Waals surface area (Å²) in [5.41, 5.74) is 2.08. The zero-order valence-electron chi connectivity index (χ0n) is 15.2. The van der Waals surface area contributed by atoms with Crippen molar-refractivity contribution in [1.82, 2.24) is 5.32 Å². The van der Waals surface area contributed by atoms with Gasteiger partial charge in [0.05, 0.1) is 29.8 Å². The van der Waals surface area contributed by atoms with Crippen LogP contribution >= 0.6 is 0 Å². The number of nitrogens with one attached hydrogen (secondary N) is 2. The second kappa shape index (κ2) is 8.68. The third-order valence-electron chi connectivity index (χ3n) is 4.19. The molecule has 7 heteroatoms. The van der Waals surface area contributed by atoms with Crippen molar-refractivity contribution in [2.75, 3.05) is 12.4 Å². The van der Waals surface area contributed by atoms with Crippen LogP contribution in [0.2, 0.25) is 0 Å². The fraction of sp³-hybridized carbons (Fsp3) is 0.0952. The number of amides is 2. The van der Waals surface area contributed by atoms with Gasteiger partial charge >= 0.3 is 6.03 Å². The summed E-state index contributed by atoms with van der Waals surface area (Å²) in [5.74, 6) is 0.209. The van der Waals surface area contributed by atoms with Gasteiger partial charge in [0.15, 0.2) is 0 Å². The number of nitrogens with zero attached hydrogens (tertiary/aromatic N) is 1. The molecule has 0 aliphatic carbocycles. The molecule has 0 radical (unpaired) electrons. The van der Waals surface area contributed by atoms with E-state index in [0.29, 0.717) is 5.69 Å². The van der Waals surface area contributed by atoms with Crippen LogP contribution in [0.3, 0.4) is 0 Å². The van der Waals surface area contributed by atoms with E-state index in [1.165, 1.54) is 25.3 Å². The van der Waals surface area contributed by atoms with Crippen LogP contribution in [-0.4, -0.2) is 18.1 Å². The topological polar surface area (TPSA) is 93.5 Å². The number of benzene rings is 3. The zero-order valence-corrected chi connectivity index (χ0v) is 15.2. The van der Waals surface area contributed by atoms with Crippen LogP contribution in [0, 0.1) is 10.1 Å². The zero-order chi connectivity index (χ0) is 19.9. The molecule has 0 heterocycles. The van der Waals surface area contributed by atoms with E-state index in [1.54, 1.807) is 0 Å². The summed E-state index contributed by atoms with van der Waals surface area (Å²) in [6.07, 6.45) is 0. The highest BCUT2D eigenvalue weighted by Crippen LogP contribution is 2.29. The maximum Gasteiger partial charge on any atom is 0.320 e. The number of anilines is 1. The molecule has 7 nitrogen and oxygen atoms in total. The van der Waals surface area contributed by atoms with Crippen LogP contribution in [0.5, 0.6) is 5.75 Å². The van der Waals surface area contributed by atoms with Crippen LogP contribution in [0.4, 0.5) is 16.2 Å². The Kier molecular flexibility index (Phi) is 5.86. The predicted octanol–water partition coefficient (Wildman–Crippen LogP) is 4.51. The fourth-order valence-corrected chi connectivity index (χ4v) is 2.84. The second-order valence-corrected chi connectivity index (χ2v) is 5.99. The molecule has 0 aliphatic rings. The first-order valence-electron chi connectivity index (χ1n) is 8.58. The van der Waals surface area contributed by atoms with Gasteiger partial charge in [-0.3, -0.25) is 10.1 Å². The van der Waals surface area contributed by atoms with Gasteiger partial charge in [0.25, 0.3) is 5.69 Å². The molecule has 142 valence electrons. The number of hydrogen-bond acceptors (Lipinski definition) is 4. The van der Waals surface area contributed by atoms with Crippen LogP contribution in [-0.2, 0) is 0 Å². The van der Waals surface area contributed by atoms with Crippen molar-refractivity contribution in [1.29, 1.82) is 0 Å². The first kappa shape index (κ1) is 18.9. The minimum atomic E-state index is -0.521. The lowest BCUT2D eigenvalue weighted by molar-refractivity contribution is -0.384. The Morgan fingerprint density at radius 2 is 1.54 bits per heavy atom. The maximum absolute atomic E-state index is 12.6. The summed E-state index contributed by atoms with van der Waals surface area (Å²) in [5, 5.41) is 16.6. The number of non-ortho nitro benzene ring substituents is 1. The summed E-state index contributed by atoms with van der Waals surface area (Å²) < 4.78 is 5.16. The lowest BCUT2D eigenvalue weighted by Gasteiger charge is -2.20. The molecule has 3 rings (SSSR count). The van der Waals surface area contributed by atoms with E-state index in [4.69, 9.17) is 4.74 Å². The number of nitro benzene ring substituents is 1. The summed E-state index contributed by atoms with van der Waals surface area (Å²) in [6, 6.07) is 22.4. The number of carbonyl (C=O) groups is 1. The Bertz CT molecular complexity index is 922. The summed E-state index contributed by atoms with van der Waals surface area (Å²) >= 11 is 0. The minimum absolute atomic E-state index is 0.116. The molecule has 0 aromatic heterocycles. The van der Waals surface area contributed by atoms with Gasteiger partial charge in [0.1, 0.15) is 5.75 Å². The smallest absolute Gasteiger partial charge is 0.320 e. The first-order valence-corrected chi connectivity index (χ1v) is 8.58. The molecule has 0 aliphatic heterocycles. The molecule has 0 saturated carbocycles. The van der Waals surface area contributed by atoms with Gasteiger partial charge in [-0.2, -0.15) is 0 Å². The SMILES string of the molecule is COc1cc([N+](=O)[O-])ccc1NC(=O)NC(c1ccccc1)c1ccccc1. The molecule has 0 bridgehead atoms. The van der Waals surface area contributed by atoms with E-state index in [0.717, 1.165) is 11.1 Å². The lowest BCUT2D eigenvalue weighted by Crippen LogP contribution is -2.33. The number of rotatable bonds is 6. The quantitative estimate of drug-likeness (QED) is 0.488. The standard InChI is InChI=1S/C21H19N3O4/c1-28-19-14-17(24(26)27)12-13-18(19)22-21(25)23-20(15-8-4-2-5-9-15)16-10-6-3-7-11-16/h2-14,20H,1H3,(H2,22,23,25). The number of methoxy groups -OCH3 is 1. The normalized spacial score (nSPS) is 10.4. The Balaban J connectivity index is 1.82. The summed E-state index contributed by atoms with van der Waals surface area (Å²) in [4.78, 5) is 23.0. The Morgan fingerprint density at radius 3 is 2.04 bits per heavy atom. The molecule has 0 unspecified atom stereocenters. The van der Waals surface area contributed by atoms with Gasteiger partial charge in [-0.15, -0.1) is 0 Å². The summed E-state index contributed by atoms with van der Waals surface area (Å²) in [7, 11) is 1.39. The molecule has 3 aromatic carbocycles. The van der Waals surface area contributed by atoms with Crippen LogP contribution in [0.25, 0.3) is 0 Å². The average Bonchev–Trinajstić information content (AvgIpc) is 2.73. The third kappa shape index (κ3) is 4.45. The molecule has 2 amide bonds. The first-order chi connectivity index (χ1) is 13.6. The highest BCUT2D eigenvalue weighted by atomic mass is 16.6. The van der Waals surface area contributed by atoms with Crippen LogP contribution in [0.1, 0.15) is 17.2 Å². The highest BCUT2D eigenvalue weighted by molar-refractivity contribution is 5.91. The predicted molar refractivity (Wildman–Crippen MR) is 107 cm³/mol. The van der Waals surface area contributed by atoms with Crippen molar-refractivity contribution in [3.05, 3.63) is 100 Å². The molecular weight excluding hydrogens is 358 g/mol.